The van der Waals surface area contributed by atoms with Gasteiger partial charge in [0.2, 0.25) is 0 Å². The van der Waals surface area contributed by atoms with Gasteiger partial charge in [-0.25, -0.2) is 0 Å². The molecule has 0 radical (unpaired) electrons. The Morgan fingerprint density at radius 1 is 0.500 bits per heavy atom. The van der Waals surface area contributed by atoms with Gasteiger partial charge in [-0.2, -0.15) is 0 Å². The third kappa shape index (κ3) is 5.23. The standard InChI is InChI=1S/C57H45N/c1-5-19-41-32-37-51-54(46(41)6-2)49-27-18-29-53(55(49)57(51,42-22-12-8-13-23-42)43-24-14-9-15-25-43)58(44-33-30-40(31-34-44)39-20-10-7-11-21-39)45-35-36-48-47-26-16-17-28-50(47)56(3,4)52(48)38-45/h5-38H,2H2,1,3-4H3/b19-5-. The first-order chi connectivity index (χ1) is 28.5. The van der Waals surface area contributed by atoms with Crippen LogP contribution in [0.3, 0.4) is 0 Å². The maximum absolute atomic E-state index is 4.42. The van der Waals surface area contributed by atoms with Crippen LogP contribution in [-0.2, 0) is 10.8 Å². The van der Waals surface area contributed by atoms with E-state index in [4.69, 9.17) is 0 Å². The Bertz CT molecular complexity index is 2820. The predicted molar refractivity (Wildman–Crippen MR) is 246 cm³/mol. The van der Waals surface area contributed by atoms with Gasteiger partial charge in [0.15, 0.2) is 0 Å². The summed E-state index contributed by atoms with van der Waals surface area (Å²) in [6.07, 6.45) is 6.38. The first-order valence-electron chi connectivity index (χ1n) is 20.3. The lowest BCUT2D eigenvalue weighted by Gasteiger charge is -2.38. The van der Waals surface area contributed by atoms with Crippen molar-refractivity contribution >= 4 is 29.2 Å². The van der Waals surface area contributed by atoms with Crippen LogP contribution in [0.4, 0.5) is 17.1 Å². The van der Waals surface area contributed by atoms with Crippen LogP contribution in [0.15, 0.2) is 201 Å². The fourth-order valence-electron chi connectivity index (χ4n) is 10.1. The van der Waals surface area contributed by atoms with Crippen LogP contribution >= 0.6 is 0 Å². The van der Waals surface area contributed by atoms with Gasteiger partial charge >= 0.3 is 0 Å². The first kappa shape index (κ1) is 35.5. The number of allylic oxidation sites excluding steroid dienone is 1. The third-order valence-corrected chi connectivity index (χ3v) is 12.6. The summed E-state index contributed by atoms with van der Waals surface area (Å²) >= 11 is 0. The second kappa shape index (κ2) is 13.9. The molecule has 0 saturated heterocycles. The number of anilines is 3. The van der Waals surface area contributed by atoms with Crippen LogP contribution in [0.2, 0.25) is 0 Å². The Kier molecular flexibility index (Phi) is 8.50. The van der Waals surface area contributed by atoms with Crippen LogP contribution in [0.5, 0.6) is 0 Å². The molecule has 278 valence electrons. The molecule has 0 heterocycles. The zero-order valence-corrected chi connectivity index (χ0v) is 33.3. The van der Waals surface area contributed by atoms with Crippen molar-refractivity contribution in [1.29, 1.82) is 0 Å². The molecule has 0 saturated carbocycles. The molecule has 8 aromatic rings. The van der Waals surface area contributed by atoms with Gasteiger partial charge in [-0.15, -0.1) is 0 Å². The highest BCUT2D eigenvalue weighted by Gasteiger charge is 2.49. The summed E-state index contributed by atoms with van der Waals surface area (Å²) < 4.78 is 0. The van der Waals surface area contributed by atoms with Gasteiger partial charge < -0.3 is 4.90 Å². The van der Waals surface area contributed by atoms with Gasteiger partial charge in [-0.3, -0.25) is 0 Å². The summed E-state index contributed by atoms with van der Waals surface area (Å²) in [6.45, 7) is 11.2. The van der Waals surface area contributed by atoms with Crippen LogP contribution in [0.25, 0.3) is 45.5 Å². The first-order valence-corrected chi connectivity index (χ1v) is 20.3. The van der Waals surface area contributed by atoms with E-state index in [1.54, 1.807) is 0 Å². The second-order valence-corrected chi connectivity index (χ2v) is 16.0. The van der Waals surface area contributed by atoms with Crippen LogP contribution in [-0.4, -0.2) is 0 Å². The lowest BCUT2D eigenvalue weighted by atomic mass is 9.67. The lowest BCUT2D eigenvalue weighted by Crippen LogP contribution is -2.30. The van der Waals surface area contributed by atoms with E-state index < -0.39 is 5.41 Å². The predicted octanol–water partition coefficient (Wildman–Crippen LogP) is 15.2. The fourth-order valence-corrected chi connectivity index (χ4v) is 10.1. The molecule has 1 nitrogen and oxygen atoms in total. The van der Waals surface area contributed by atoms with Gasteiger partial charge in [0.05, 0.1) is 11.1 Å². The topological polar surface area (TPSA) is 3.24 Å². The molecule has 1 heteroatoms. The normalized spacial score (nSPS) is 14.1. The van der Waals surface area contributed by atoms with Crippen molar-refractivity contribution in [3.8, 4) is 33.4 Å². The van der Waals surface area contributed by atoms with E-state index in [1.165, 1.54) is 72.3 Å². The average molecular weight is 744 g/mol. The summed E-state index contributed by atoms with van der Waals surface area (Å²) in [6, 6.07) is 69.6. The number of hydrogen-bond donors (Lipinski definition) is 0. The van der Waals surface area contributed by atoms with E-state index in [0.717, 1.165) is 22.6 Å². The molecule has 0 atom stereocenters. The van der Waals surface area contributed by atoms with Crippen molar-refractivity contribution in [2.45, 2.75) is 31.6 Å². The zero-order valence-electron chi connectivity index (χ0n) is 33.3. The van der Waals surface area contributed by atoms with E-state index in [-0.39, 0.29) is 5.41 Å². The number of nitrogens with zero attached hydrogens (tertiary/aromatic N) is 1. The maximum Gasteiger partial charge on any atom is 0.0734 e. The van der Waals surface area contributed by atoms with Gasteiger partial charge in [0.1, 0.15) is 0 Å². The van der Waals surface area contributed by atoms with Gasteiger partial charge in [0.25, 0.3) is 0 Å². The smallest absolute Gasteiger partial charge is 0.0734 e. The van der Waals surface area contributed by atoms with Gasteiger partial charge in [-0.1, -0.05) is 196 Å². The third-order valence-electron chi connectivity index (χ3n) is 12.6. The number of hydrogen-bond acceptors (Lipinski definition) is 1. The van der Waals surface area contributed by atoms with Crippen molar-refractivity contribution in [2.24, 2.45) is 0 Å². The lowest BCUT2D eigenvalue weighted by molar-refractivity contribution is 0.660. The molecule has 0 fully saturated rings. The van der Waals surface area contributed by atoms with Crippen LogP contribution in [0, 0.1) is 0 Å². The van der Waals surface area contributed by atoms with E-state index in [0.29, 0.717) is 0 Å². The van der Waals surface area contributed by atoms with Crippen molar-refractivity contribution in [1.82, 2.24) is 0 Å². The zero-order chi connectivity index (χ0) is 39.4. The molecule has 0 unspecified atom stereocenters. The molecule has 10 rings (SSSR count). The fraction of sp³-hybridized carbons (Fsp3) is 0.0877. The summed E-state index contributed by atoms with van der Waals surface area (Å²) in [5, 5.41) is 0. The van der Waals surface area contributed by atoms with Crippen molar-refractivity contribution in [2.75, 3.05) is 4.90 Å². The molecular weight excluding hydrogens is 699 g/mol. The van der Waals surface area contributed by atoms with Gasteiger partial charge in [-0.05, 0) is 110 Å². The molecule has 2 aliphatic rings. The van der Waals surface area contributed by atoms with Crippen LogP contribution in [0.1, 0.15) is 65.3 Å². The Labute approximate surface area is 342 Å². The molecule has 0 aromatic heterocycles. The SMILES string of the molecule is C=Cc1c(/C=C\C)ccc2c1-c1cccc(N(c3ccc(-c4ccccc4)cc3)c3ccc4c(c3)C(C)(C)c3ccccc3-4)c1C2(c1ccccc1)c1ccccc1. The molecule has 0 spiro atoms. The molecule has 0 aliphatic heterocycles. The van der Waals surface area contributed by atoms with Crippen molar-refractivity contribution in [3.63, 3.8) is 0 Å². The highest BCUT2D eigenvalue weighted by Crippen LogP contribution is 2.61. The minimum Gasteiger partial charge on any atom is -0.310 e. The number of fused-ring (bicyclic) bond motifs is 6. The quantitative estimate of drug-likeness (QED) is 0.150. The largest absolute Gasteiger partial charge is 0.310 e. The van der Waals surface area contributed by atoms with E-state index >= 15 is 0 Å². The van der Waals surface area contributed by atoms with E-state index in [2.05, 4.69) is 239 Å². The average Bonchev–Trinajstić information content (AvgIpc) is 3.71. The Balaban J connectivity index is 1.31. The second-order valence-electron chi connectivity index (χ2n) is 16.0. The minimum absolute atomic E-state index is 0.153. The van der Waals surface area contributed by atoms with Gasteiger partial charge in [0, 0.05) is 22.4 Å². The summed E-state index contributed by atoms with van der Waals surface area (Å²) in [5.74, 6) is 0. The minimum atomic E-state index is -0.634. The Morgan fingerprint density at radius 2 is 1.09 bits per heavy atom. The summed E-state index contributed by atoms with van der Waals surface area (Å²) in [4.78, 5) is 2.51. The summed E-state index contributed by atoms with van der Waals surface area (Å²) in [5.41, 5.74) is 20.1. The highest BCUT2D eigenvalue weighted by atomic mass is 15.1. The monoisotopic (exact) mass is 743 g/mol. The molecule has 0 N–H and O–H groups in total. The number of benzene rings is 8. The van der Waals surface area contributed by atoms with Crippen molar-refractivity contribution < 1.29 is 0 Å². The molecule has 0 bridgehead atoms. The molecule has 2 aliphatic carbocycles. The number of rotatable bonds is 8. The Hall–Kier alpha value is -6.96. The van der Waals surface area contributed by atoms with E-state index in [9.17, 15) is 0 Å². The van der Waals surface area contributed by atoms with Crippen molar-refractivity contribution in [3.05, 3.63) is 245 Å². The highest BCUT2D eigenvalue weighted by molar-refractivity contribution is 5.99. The van der Waals surface area contributed by atoms with Crippen LogP contribution < -0.4 is 4.90 Å². The van der Waals surface area contributed by atoms with E-state index in [1.807, 2.05) is 0 Å². The Morgan fingerprint density at radius 3 is 1.76 bits per heavy atom. The molecule has 58 heavy (non-hydrogen) atoms. The molecule has 0 amide bonds. The summed E-state index contributed by atoms with van der Waals surface area (Å²) in [7, 11) is 0. The molecule has 8 aromatic carbocycles. The maximum atomic E-state index is 4.42. The molecular formula is C57H45N.